The van der Waals surface area contributed by atoms with E-state index in [0.29, 0.717) is 18.0 Å². The number of unbranched alkanes of at least 4 members (excludes halogenated alkanes) is 2. The smallest absolute Gasteiger partial charge is 0.137 e. The molecular weight excluding hydrogens is 274 g/mol. The molecule has 20 heavy (non-hydrogen) atoms. The van der Waals surface area contributed by atoms with Crippen molar-refractivity contribution in [3.8, 4) is 0 Å². The van der Waals surface area contributed by atoms with Crippen molar-refractivity contribution in [2.45, 2.75) is 44.8 Å². The number of hydrogen-bond acceptors (Lipinski definition) is 3. The van der Waals surface area contributed by atoms with Crippen molar-refractivity contribution < 1.29 is 5.11 Å². The number of aromatic nitrogens is 3. The average molecular weight is 294 g/mol. The van der Waals surface area contributed by atoms with Gasteiger partial charge in [0.15, 0.2) is 0 Å². The fraction of sp³-hybridized carbons (Fsp3) is 0.467. The summed E-state index contributed by atoms with van der Waals surface area (Å²) >= 11 is 6.26. The zero-order valence-corrected chi connectivity index (χ0v) is 12.4. The molecule has 0 radical (unpaired) electrons. The standard InChI is InChI=1S/C15H20ClN3O/c1-2-3-6-9-15(20,10-19-12-17-11-18-19)13-7-4-5-8-14(13)16/h4-5,7-8,11-12,20H,2-3,6,9-10H2,1H3. The van der Waals surface area contributed by atoms with Gasteiger partial charge < -0.3 is 5.11 Å². The number of rotatable bonds is 7. The molecule has 0 spiro atoms. The lowest BCUT2D eigenvalue weighted by atomic mass is 9.88. The van der Waals surface area contributed by atoms with Gasteiger partial charge in [0.25, 0.3) is 0 Å². The van der Waals surface area contributed by atoms with E-state index in [2.05, 4.69) is 17.0 Å². The Morgan fingerprint density at radius 3 is 2.75 bits per heavy atom. The molecule has 1 aromatic heterocycles. The molecule has 2 aromatic rings. The number of aliphatic hydroxyl groups is 1. The number of halogens is 1. The molecule has 0 bridgehead atoms. The molecule has 1 aromatic carbocycles. The average Bonchev–Trinajstić information content (AvgIpc) is 2.92. The Kier molecular flexibility index (Phi) is 5.15. The Morgan fingerprint density at radius 2 is 2.10 bits per heavy atom. The van der Waals surface area contributed by atoms with E-state index in [9.17, 15) is 5.11 Å². The molecule has 0 amide bonds. The van der Waals surface area contributed by atoms with Crippen LogP contribution in [0.4, 0.5) is 0 Å². The van der Waals surface area contributed by atoms with Crippen LogP contribution in [-0.4, -0.2) is 19.9 Å². The molecule has 108 valence electrons. The molecular formula is C15H20ClN3O. The highest BCUT2D eigenvalue weighted by Crippen LogP contribution is 2.34. The Bertz CT molecular complexity index is 530. The molecule has 2 rings (SSSR count). The number of benzene rings is 1. The Labute approximate surface area is 124 Å². The quantitative estimate of drug-likeness (QED) is 0.796. The Morgan fingerprint density at radius 1 is 1.30 bits per heavy atom. The van der Waals surface area contributed by atoms with Gasteiger partial charge in [-0.05, 0) is 12.5 Å². The van der Waals surface area contributed by atoms with E-state index >= 15 is 0 Å². The zero-order chi connectivity index (χ0) is 14.4. The van der Waals surface area contributed by atoms with E-state index in [1.807, 2.05) is 24.3 Å². The number of hydrogen-bond donors (Lipinski definition) is 1. The van der Waals surface area contributed by atoms with Gasteiger partial charge in [0.2, 0.25) is 0 Å². The molecule has 4 nitrogen and oxygen atoms in total. The van der Waals surface area contributed by atoms with E-state index in [4.69, 9.17) is 11.6 Å². The molecule has 1 heterocycles. The van der Waals surface area contributed by atoms with Crippen LogP contribution in [-0.2, 0) is 12.1 Å². The lowest BCUT2D eigenvalue weighted by molar-refractivity contribution is 0.00397. The predicted molar refractivity (Wildman–Crippen MR) is 79.5 cm³/mol. The second-order valence-corrected chi connectivity index (χ2v) is 5.47. The summed E-state index contributed by atoms with van der Waals surface area (Å²) in [7, 11) is 0. The Hall–Kier alpha value is -1.39. The highest BCUT2D eigenvalue weighted by Gasteiger charge is 2.31. The molecule has 0 saturated heterocycles. The minimum atomic E-state index is -1.01. The van der Waals surface area contributed by atoms with Gasteiger partial charge in [0.1, 0.15) is 18.3 Å². The van der Waals surface area contributed by atoms with Crippen LogP contribution in [0.2, 0.25) is 5.02 Å². The van der Waals surface area contributed by atoms with E-state index in [1.54, 1.807) is 11.0 Å². The summed E-state index contributed by atoms with van der Waals surface area (Å²) in [6.45, 7) is 2.51. The van der Waals surface area contributed by atoms with Crippen LogP contribution in [0.25, 0.3) is 0 Å². The van der Waals surface area contributed by atoms with E-state index in [0.717, 1.165) is 24.8 Å². The summed E-state index contributed by atoms with van der Waals surface area (Å²) in [5.74, 6) is 0. The lowest BCUT2D eigenvalue weighted by Gasteiger charge is -2.29. The van der Waals surface area contributed by atoms with Crippen molar-refractivity contribution in [2.24, 2.45) is 0 Å². The normalized spacial score (nSPS) is 14.2. The van der Waals surface area contributed by atoms with Gasteiger partial charge in [0.05, 0.1) is 6.54 Å². The fourth-order valence-electron chi connectivity index (χ4n) is 2.39. The topological polar surface area (TPSA) is 50.9 Å². The van der Waals surface area contributed by atoms with Gasteiger partial charge in [-0.1, -0.05) is 56.0 Å². The first-order valence-electron chi connectivity index (χ1n) is 6.95. The van der Waals surface area contributed by atoms with E-state index in [1.165, 1.54) is 6.33 Å². The molecule has 1 unspecified atom stereocenters. The molecule has 0 aliphatic carbocycles. The lowest BCUT2D eigenvalue weighted by Crippen LogP contribution is -2.32. The van der Waals surface area contributed by atoms with Crippen molar-refractivity contribution in [1.29, 1.82) is 0 Å². The summed E-state index contributed by atoms with van der Waals surface area (Å²) < 4.78 is 1.65. The second kappa shape index (κ2) is 6.86. The molecule has 1 atom stereocenters. The second-order valence-electron chi connectivity index (χ2n) is 5.06. The van der Waals surface area contributed by atoms with Crippen molar-refractivity contribution in [3.05, 3.63) is 47.5 Å². The van der Waals surface area contributed by atoms with Crippen molar-refractivity contribution in [2.75, 3.05) is 0 Å². The van der Waals surface area contributed by atoms with Gasteiger partial charge in [-0.15, -0.1) is 0 Å². The first kappa shape index (κ1) is 15.0. The highest BCUT2D eigenvalue weighted by atomic mass is 35.5. The molecule has 0 fully saturated rings. The minimum Gasteiger partial charge on any atom is -0.383 e. The minimum absolute atomic E-state index is 0.362. The predicted octanol–water partition coefficient (Wildman–Crippen LogP) is 3.40. The maximum Gasteiger partial charge on any atom is 0.137 e. The van der Waals surface area contributed by atoms with Crippen LogP contribution >= 0.6 is 11.6 Å². The van der Waals surface area contributed by atoms with E-state index in [-0.39, 0.29) is 0 Å². The zero-order valence-electron chi connectivity index (χ0n) is 11.7. The van der Waals surface area contributed by atoms with Crippen LogP contribution in [0, 0.1) is 0 Å². The summed E-state index contributed by atoms with van der Waals surface area (Å²) in [5, 5.41) is 15.8. The molecule has 1 N–H and O–H groups in total. The molecule has 0 saturated carbocycles. The van der Waals surface area contributed by atoms with Gasteiger partial charge in [-0.3, -0.25) is 0 Å². The van der Waals surface area contributed by atoms with Crippen LogP contribution in [0.1, 0.15) is 38.2 Å². The van der Waals surface area contributed by atoms with Gasteiger partial charge in [-0.25, -0.2) is 9.67 Å². The fourth-order valence-corrected chi connectivity index (χ4v) is 2.70. The molecule has 0 aliphatic rings. The monoisotopic (exact) mass is 293 g/mol. The van der Waals surface area contributed by atoms with E-state index < -0.39 is 5.60 Å². The van der Waals surface area contributed by atoms with Crippen molar-refractivity contribution in [1.82, 2.24) is 14.8 Å². The van der Waals surface area contributed by atoms with Crippen molar-refractivity contribution in [3.63, 3.8) is 0 Å². The summed E-state index contributed by atoms with van der Waals surface area (Å²) in [6.07, 6.45) is 6.89. The Balaban J connectivity index is 2.25. The largest absolute Gasteiger partial charge is 0.383 e. The summed E-state index contributed by atoms with van der Waals surface area (Å²) in [5.41, 5.74) is -0.255. The van der Waals surface area contributed by atoms with Gasteiger partial charge in [-0.2, -0.15) is 5.10 Å². The highest BCUT2D eigenvalue weighted by molar-refractivity contribution is 6.31. The first-order valence-corrected chi connectivity index (χ1v) is 7.33. The maximum absolute atomic E-state index is 11.1. The molecule has 0 aliphatic heterocycles. The SMILES string of the molecule is CCCCCC(O)(Cn1cncn1)c1ccccc1Cl. The first-order chi connectivity index (χ1) is 9.65. The van der Waals surface area contributed by atoms with Crippen LogP contribution in [0.5, 0.6) is 0 Å². The number of nitrogens with zero attached hydrogens (tertiary/aromatic N) is 3. The van der Waals surface area contributed by atoms with Crippen LogP contribution < -0.4 is 0 Å². The molecule has 5 heteroatoms. The maximum atomic E-state index is 11.1. The third-order valence-corrected chi connectivity index (χ3v) is 3.79. The third-order valence-electron chi connectivity index (χ3n) is 3.46. The van der Waals surface area contributed by atoms with Crippen molar-refractivity contribution >= 4 is 11.6 Å². The van der Waals surface area contributed by atoms with Crippen LogP contribution in [0.15, 0.2) is 36.9 Å². The van der Waals surface area contributed by atoms with Gasteiger partial charge >= 0.3 is 0 Å². The third kappa shape index (κ3) is 3.58. The van der Waals surface area contributed by atoms with Crippen LogP contribution in [0.3, 0.4) is 0 Å². The summed E-state index contributed by atoms with van der Waals surface area (Å²) in [6, 6.07) is 7.45. The van der Waals surface area contributed by atoms with Gasteiger partial charge in [0, 0.05) is 10.6 Å². The summed E-state index contributed by atoms with van der Waals surface area (Å²) in [4.78, 5) is 3.93.